The van der Waals surface area contributed by atoms with Crippen LogP contribution in [0.4, 0.5) is 5.69 Å². The van der Waals surface area contributed by atoms with Gasteiger partial charge in [0.1, 0.15) is 11.5 Å². The molecule has 0 aliphatic carbocycles. The van der Waals surface area contributed by atoms with Crippen molar-refractivity contribution in [3.8, 4) is 17.2 Å². The monoisotopic (exact) mass is 331 g/mol. The maximum atomic E-state index is 12.2. The summed E-state index contributed by atoms with van der Waals surface area (Å²) in [6.45, 7) is 2.50. The van der Waals surface area contributed by atoms with Crippen LogP contribution in [0.15, 0.2) is 42.5 Å². The van der Waals surface area contributed by atoms with Gasteiger partial charge in [0.25, 0.3) is 0 Å². The second kappa shape index (κ2) is 7.96. The number of carbonyl (C=O) groups excluding carboxylic acids is 1. The first-order valence-electron chi connectivity index (χ1n) is 7.32. The van der Waals surface area contributed by atoms with Crippen molar-refractivity contribution in [3.05, 3.63) is 58.1 Å². The van der Waals surface area contributed by atoms with Crippen LogP contribution in [0.25, 0.3) is 0 Å². The molecule has 0 N–H and O–H groups in total. The fourth-order valence-corrected chi connectivity index (χ4v) is 1.94. The molecule has 0 heterocycles. The summed E-state index contributed by atoms with van der Waals surface area (Å²) in [5.41, 5.74) is -0.102. The van der Waals surface area contributed by atoms with Crippen LogP contribution in [-0.2, 0) is 0 Å². The number of hydrogen-bond donors (Lipinski definition) is 0. The Balaban J connectivity index is 2.22. The summed E-state index contributed by atoms with van der Waals surface area (Å²) in [7, 11) is 1.40. The number of rotatable bonds is 7. The molecule has 0 saturated carbocycles. The molecular weight excluding hydrogens is 314 g/mol. The maximum Gasteiger partial charge on any atom is 0.343 e. The Morgan fingerprint density at radius 3 is 2.62 bits per heavy atom. The van der Waals surface area contributed by atoms with E-state index in [0.717, 1.165) is 6.42 Å². The number of carbonyl (C=O) groups is 1. The van der Waals surface area contributed by atoms with E-state index in [1.54, 1.807) is 18.2 Å². The molecule has 0 atom stereocenters. The van der Waals surface area contributed by atoms with Crippen molar-refractivity contribution in [1.29, 1.82) is 0 Å². The largest absolute Gasteiger partial charge is 0.496 e. The van der Waals surface area contributed by atoms with E-state index in [9.17, 15) is 14.9 Å². The lowest BCUT2D eigenvalue weighted by Gasteiger charge is -2.08. The highest BCUT2D eigenvalue weighted by Gasteiger charge is 2.20. The molecule has 2 rings (SSSR count). The van der Waals surface area contributed by atoms with Gasteiger partial charge in [-0.15, -0.1) is 0 Å². The van der Waals surface area contributed by atoms with Gasteiger partial charge in [-0.2, -0.15) is 0 Å². The van der Waals surface area contributed by atoms with E-state index in [1.165, 1.54) is 31.4 Å². The number of nitro benzene ring substituents is 1. The zero-order valence-electron chi connectivity index (χ0n) is 13.4. The zero-order valence-corrected chi connectivity index (χ0v) is 13.4. The zero-order chi connectivity index (χ0) is 17.5. The van der Waals surface area contributed by atoms with Gasteiger partial charge in [-0.3, -0.25) is 10.1 Å². The molecule has 0 amide bonds. The summed E-state index contributed by atoms with van der Waals surface area (Å²) in [5.74, 6) is -0.0112. The number of hydrogen-bond acceptors (Lipinski definition) is 6. The number of ether oxygens (including phenoxy) is 3. The lowest BCUT2D eigenvalue weighted by atomic mass is 10.2. The Morgan fingerprint density at radius 2 is 1.96 bits per heavy atom. The van der Waals surface area contributed by atoms with Crippen molar-refractivity contribution in [2.75, 3.05) is 13.7 Å². The summed E-state index contributed by atoms with van der Waals surface area (Å²) in [6, 6.07) is 10.5. The van der Waals surface area contributed by atoms with Crippen molar-refractivity contribution in [1.82, 2.24) is 0 Å². The quantitative estimate of drug-likeness (QED) is 0.333. The second-order valence-electron chi connectivity index (χ2n) is 4.86. The smallest absolute Gasteiger partial charge is 0.343 e. The first kappa shape index (κ1) is 17.3. The minimum absolute atomic E-state index is 0.148. The van der Waals surface area contributed by atoms with Crippen molar-refractivity contribution in [2.45, 2.75) is 13.3 Å². The first-order chi connectivity index (χ1) is 11.5. The van der Waals surface area contributed by atoms with E-state index in [4.69, 9.17) is 14.2 Å². The van der Waals surface area contributed by atoms with Gasteiger partial charge in [-0.05, 0) is 36.8 Å². The van der Waals surface area contributed by atoms with E-state index < -0.39 is 10.9 Å². The highest BCUT2D eigenvalue weighted by Crippen LogP contribution is 2.31. The molecule has 0 saturated heterocycles. The minimum Gasteiger partial charge on any atom is -0.496 e. The molecule has 7 heteroatoms. The maximum absolute atomic E-state index is 12.2. The highest BCUT2D eigenvalue weighted by molar-refractivity contribution is 5.92. The summed E-state index contributed by atoms with van der Waals surface area (Å²) in [6.07, 6.45) is 0.840. The van der Waals surface area contributed by atoms with Gasteiger partial charge >= 0.3 is 11.7 Å². The topological polar surface area (TPSA) is 87.9 Å². The number of nitrogens with zero attached hydrogens (tertiary/aromatic N) is 1. The summed E-state index contributed by atoms with van der Waals surface area (Å²) < 4.78 is 15.6. The number of nitro groups is 1. The normalized spacial score (nSPS) is 10.1. The van der Waals surface area contributed by atoms with Gasteiger partial charge in [-0.1, -0.05) is 13.0 Å². The molecule has 2 aromatic carbocycles. The Bertz CT molecular complexity index is 744. The van der Waals surface area contributed by atoms with Gasteiger partial charge in [0.15, 0.2) is 0 Å². The third-order valence-electron chi connectivity index (χ3n) is 3.11. The Hall–Kier alpha value is -3.09. The molecule has 0 aliphatic rings. The summed E-state index contributed by atoms with van der Waals surface area (Å²) in [4.78, 5) is 22.7. The van der Waals surface area contributed by atoms with Gasteiger partial charge in [0.05, 0.1) is 30.3 Å². The second-order valence-corrected chi connectivity index (χ2v) is 4.86. The van der Waals surface area contributed by atoms with Gasteiger partial charge in [0, 0.05) is 0 Å². The lowest BCUT2D eigenvalue weighted by molar-refractivity contribution is -0.385. The van der Waals surface area contributed by atoms with Crippen LogP contribution in [0.3, 0.4) is 0 Å². The van der Waals surface area contributed by atoms with Crippen molar-refractivity contribution in [3.63, 3.8) is 0 Å². The first-order valence-corrected chi connectivity index (χ1v) is 7.32. The summed E-state index contributed by atoms with van der Waals surface area (Å²) >= 11 is 0. The number of esters is 1. The lowest BCUT2D eigenvalue weighted by Crippen LogP contribution is -2.10. The van der Waals surface area contributed by atoms with E-state index in [-0.39, 0.29) is 17.0 Å². The minimum atomic E-state index is -0.704. The van der Waals surface area contributed by atoms with E-state index in [2.05, 4.69) is 0 Å². The molecule has 0 radical (unpaired) electrons. The molecule has 0 fully saturated rings. The average Bonchev–Trinajstić information content (AvgIpc) is 2.60. The molecule has 0 unspecified atom stereocenters. The van der Waals surface area contributed by atoms with Gasteiger partial charge in [-0.25, -0.2) is 4.79 Å². The Morgan fingerprint density at radius 1 is 1.17 bits per heavy atom. The molecule has 0 aliphatic heterocycles. The van der Waals surface area contributed by atoms with Crippen LogP contribution in [0, 0.1) is 10.1 Å². The van der Waals surface area contributed by atoms with E-state index in [1.807, 2.05) is 6.92 Å². The molecular formula is C17H17NO6. The van der Waals surface area contributed by atoms with E-state index in [0.29, 0.717) is 18.1 Å². The predicted molar refractivity (Wildman–Crippen MR) is 86.8 cm³/mol. The molecule has 24 heavy (non-hydrogen) atoms. The number of benzene rings is 2. The fourth-order valence-electron chi connectivity index (χ4n) is 1.94. The van der Waals surface area contributed by atoms with Crippen LogP contribution < -0.4 is 14.2 Å². The van der Waals surface area contributed by atoms with Crippen LogP contribution in [-0.4, -0.2) is 24.6 Å². The molecule has 7 nitrogen and oxygen atoms in total. The molecule has 0 aromatic heterocycles. The molecule has 0 bridgehead atoms. The van der Waals surface area contributed by atoms with E-state index >= 15 is 0 Å². The van der Waals surface area contributed by atoms with Crippen LogP contribution in [0.1, 0.15) is 23.7 Å². The third-order valence-corrected chi connectivity index (χ3v) is 3.11. The van der Waals surface area contributed by atoms with Crippen LogP contribution >= 0.6 is 0 Å². The van der Waals surface area contributed by atoms with Crippen LogP contribution in [0.5, 0.6) is 17.2 Å². The van der Waals surface area contributed by atoms with Gasteiger partial charge in [0.2, 0.25) is 5.75 Å². The number of methoxy groups -OCH3 is 1. The van der Waals surface area contributed by atoms with Crippen LogP contribution in [0.2, 0.25) is 0 Å². The SMILES string of the molecule is CCCOc1cccc(C(=O)Oc2ccc(OC)cc2[N+](=O)[O-])c1. The van der Waals surface area contributed by atoms with Crippen molar-refractivity contribution < 1.29 is 23.9 Å². The third kappa shape index (κ3) is 4.22. The predicted octanol–water partition coefficient (Wildman–Crippen LogP) is 3.61. The highest BCUT2D eigenvalue weighted by atomic mass is 16.6. The molecule has 0 spiro atoms. The standard InChI is InChI=1S/C17H17NO6/c1-3-9-23-14-6-4-5-12(10-14)17(19)24-16-8-7-13(22-2)11-15(16)18(20)21/h4-8,10-11H,3,9H2,1-2H3. The van der Waals surface area contributed by atoms with Gasteiger partial charge < -0.3 is 14.2 Å². The Kier molecular flexibility index (Phi) is 5.73. The van der Waals surface area contributed by atoms with Crippen molar-refractivity contribution in [2.24, 2.45) is 0 Å². The Labute approximate surface area is 138 Å². The molecule has 2 aromatic rings. The van der Waals surface area contributed by atoms with Crippen molar-refractivity contribution >= 4 is 11.7 Å². The fraction of sp³-hybridized carbons (Fsp3) is 0.235. The summed E-state index contributed by atoms with van der Waals surface area (Å²) in [5, 5.41) is 11.1. The molecule has 126 valence electrons. The average molecular weight is 331 g/mol.